The minimum atomic E-state index is -0.256. The van der Waals surface area contributed by atoms with Crippen molar-refractivity contribution in [2.75, 3.05) is 17.6 Å². The number of hydrogen-bond acceptors (Lipinski definition) is 3. The van der Waals surface area contributed by atoms with Crippen molar-refractivity contribution in [3.8, 4) is 0 Å². The first-order valence-corrected chi connectivity index (χ1v) is 5.95. The van der Waals surface area contributed by atoms with Gasteiger partial charge in [0.25, 0.3) is 0 Å². The van der Waals surface area contributed by atoms with Crippen LogP contribution < -0.4 is 16.4 Å². The van der Waals surface area contributed by atoms with Crippen LogP contribution in [0.5, 0.6) is 0 Å². The zero-order chi connectivity index (χ0) is 13.5. The number of nitrogens with one attached hydrogen (secondary N) is 2. The van der Waals surface area contributed by atoms with Crippen molar-refractivity contribution in [1.29, 1.82) is 0 Å². The molecule has 0 aliphatic carbocycles. The molecule has 0 saturated carbocycles. The van der Waals surface area contributed by atoms with Gasteiger partial charge >= 0.3 is 0 Å². The molecule has 0 aliphatic rings. The topological polar surface area (TPSA) is 84.2 Å². The van der Waals surface area contributed by atoms with Gasteiger partial charge in [0.15, 0.2) is 0 Å². The van der Waals surface area contributed by atoms with Gasteiger partial charge in [0.1, 0.15) is 0 Å². The summed E-state index contributed by atoms with van der Waals surface area (Å²) in [7, 11) is 0. The molecule has 0 heterocycles. The molecular weight excluding hydrogens is 230 g/mol. The minimum absolute atomic E-state index is 0.0208. The molecule has 5 heteroatoms. The molecule has 0 spiro atoms. The fourth-order valence-corrected chi connectivity index (χ4v) is 1.46. The smallest absolute Gasteiger partial charge is 0.243 e. The quantitative estimate of drug-likeness (QED) is 0.690. The van der Waals surface area contributed by atoms with Crippen LogP contribution in [-0.2, 0) is 9.59 Å². The molecule has 0 aliphatic heterocycles. The normalized spacial score (nSPS) is 9.89. The Morgan fingerprint density at radius 1 is 1.28 bits per heavy atom. The molecule has 0 radical (unpaired) electrons. The molecular formula is C13H19N3O2. The zero-order valence-corrected chi connectivity index (χ0v) is 10.7. The van der Waals surface area contributed by atoms with Gasteiger partial charge in [-0.3, -0.25) is 9.59 Å². The Bertz CT molecular complexity index is 444. The van der Waals surface area contributed by atoms with Crippen molar-refractivity contribution < 1.29 is 9.59 Å². The van der Waals surface area contributed by atoms with Crippen molar-refractivity contribution in [3.05, 3.63) is 23.8 Å². The predicted molar refractivity (Wildman–Crippen MR) is 72.1 cm³/mol. The molecule has 0 atom stereocenters. The molecule has 0 saturated heterocycles. The first-order valence-electron chi connectivity index (χ1n) is 5.95. The highest BCUT2D eigenvalue weighted by molar-refractivity contribution is 5.95. The maximum absolute atomic E-state index is 11.6. The second-order valence-corrected chi connectivity index (χ2v) is 4.15. The number of benzene rings is 1. The maximum Gasteiger partial charge on any atom is 0.243 e. The average Bonchev–Trinajstić information content (AvgIpc) is 2.32. The van der Waals surface area contributed by atoms with Crippen LogP contribution in [0.1, 0.15) is 25.3 Å². The number of nitrogen functional groups attached to an aromatic ring is 1. The predicted octanol–water partition coefficient (Wildman–Crippen LogP) is 1.43. The van der Waals surface area contributed by atoms with Crippen LogP contribution >= 0.6 is 0 Å². The van der Waals surface area contributed by atoms with E-state index in [1.165, 1.54) is 0 Å². The lowest BCUT2D eigenvalue weighted by Crippen LogP contribution is -2.32. The van der Waals surface area contributed by atoms with Gasteiger partial charge in [0.05, 0.1) is 6.54 Å². The average molecular weight is 249 g/mol. The second kappa shape index (κ2) is 6.64. The van der Waals surface area contributed by atoms with Gasteiger partial charge in [-0.15, -0.1) is 0 Å². The van der Waals surface area contributed by atoms with Crippen LogP contribution in [0.3, 0.4) is 0 Å². The molecule has 98 valence electrons. The maximum atomic E-state index is 11.6. The van der Waals surface area contributed by atoms with Crippen molar-refractivity contribution in [3.63, 3.8) is 0 Å². The summed E-state index contributed by atoms with van der Waals surface area (Å²) in [4.78, 5) is 22.8. The van der Waals surface area contributed by atoms with E-state index < -0.39 is 0 Å². The van der Waals surface area contributed by atoms with E-state index in [1.54, 1.807) is 12.1 Å². The lowest BCUT2D eigenvalue weighted by molar-refractivity contribution is -0.124. The third-order valence-electron chi connectivity index (χ3n) is 2.46. The van der Waals surface area contributed by atoms with Gasteiger partial charge in [0.2, 0.25) is 11.8 Å². The standard InChI is InChI=1S/C13H19N3O2/c1-3-4-12(17)15-8-13(18)16-11-7-10(14)6-5-9(11)2/h5-7H,3-4,8,14H2,1-2H3,(H,15,17)(H,16,18). The minimum Gasteiger partial charge on any atom is -0.399 e. The fourth-order valence-electron chi connectivity index (χ4n) is 1.46. The Hall–Kier alpha value is -2.04. The summed E-state index contributed by atoms with van der Waals surface area (Å²) in [5, 5.41) is 5.27. The summed E-state index contributed by atoms with van der Waals surface area (Å²) in [6.45, 7) is 3.77. The third kappa shape index (κ3) is 4.45. The van der Waals surface area contributed by atoms with E-state index in [2.05, 4.69) is 10.6 Å². The highest BCUT2D eigenvalue weighted by Crippen LogP contribution is 2.17. The van der Waals surface area contributed by atoms with Crippen LogP contribution in [0.2, 0.25) is 0 Å². The van der Waals surface area contributed by atoms with Crippen molar-refractivity contribution in [1.82, 2.24) is 5.32 Å². The molecule has 1 aromatic carbocycles. The SMILES string of the molecule is CCCC(=O)NCC(=O)Nc1cc(N)ccc1C. The molecule has 2 amide bonds. The van der Waals surface area contributed by atoms with E-state index in [9.17, 15) is 9.59 Å². The van der Waals surface area contributed by atoms with E-state index in [0.717, 1.165) is 12.0 Å². The van der Waals surface area contributed by atoms with Crippen LogP contribution in [-0.4, -0.2) is 18.4 Å². The Morgan fingerprint density at radius 3 is 2.67 bits per heavy atom. The Morgan fingerprint density at radius 2 is 2.00 bits per heavy atom. The molecule has 0 aromatic heterocycles. The van der Waals surface area contributed by atoms with Gasteiger partial charge in [0, 0.05) is 17.8 Å². The molecule has 0 unspecified atom stereocenters. The number of hydrogen-bond donors (Lipinski definition) is 3. The third-order valence-corrected chi connectivity index (χ3v) is 2.46. The number of carbonyl (C=O) groups excluding carboxylic acids is 2. The van der Waals surface area contributed by atoms with Gasteiger partial charge in [-0.05, 0) is 31.0 Å². The van der Waals surface area contributed by atoms with E-state index in [-0.39, 0.29) is 18.4 Å². The summed E-state index contributed by atoms with van der Waals surface area (Å²) in [5.41, 5.74) is 7.83. The van der Waals surface area contributed by atoms with Crippen molar-refractivity contribution >= 4 is 23.2 Å². The molecule has 0 fully saturated rings. The van der Waals surface area contributed by atoms with Gasteiger partial charge in [-0.1, -0.05) is 13.0 Å². The number of nitrogens with two attached hydrogens (primary N) is 1. The monoisotopic (exact) mass is 249 g/mol. The Labute approximate surface area is 107 Å². The molecule has 18 heavy (non-hydrogen) atoms. The summed E-state index contributed by atoms with van der Waals surface area (Å²) in [6.07, 6.45) is 1.20. The molecule has 1 rings (SSSR count). The lowest BCUT2D eigenvalue weighted by atomic mass is 10.2. The number of aryl methyl sites for hydroxylation is 1. The summed E-state index contributed by atoms with van der Waals surface area (Å²) < 4.78 is 0. The van der Waals surface area contributed by atoms with Gasteiger partial charge in [-0.2, -0.15) is 0 Å². The number of anilines is 2. The first kappa shape index (κ1) is 14.0. The zero-order valence-electron chi connectivity index (χ0n) is 10.7. The van der Waals surface area contributed by atoms with Gasteiger partial charge < -0.3 is 16.4 Å². The first-order chi connectivity index (χ1) is 8.52. The van der Waals surface area contributed by atoms with E-state index >= 15 is 0 Å². The fraction of sp³-hybridized carbons (Fsp3) is 0.385. The highest BCUT2D eigenvalue weighted by Gasteiger charge is 2.06. The number of amides is 2. The number of rotatable bonds is 5. The molecule has 0 bridgehead atoms. The Balaban J connectivity index is 2.49. The van der Waals surface area contributed by atoms with E-state index in [0.29, 0.717) is 17.8 Å². The lowest BCUT2D eigenvalue weighted by Gasteiger charge is -2.09. The summed E-state index contributed by atoms with van der Waals surface area (Å²) in [5.74, 6) is -0.370. The molecule has 4 N–H and O–H groups in total. The highest BCUT2D eigenvalue weighted by atomic mass is 16.2. The molecule has 1 aromatic rings. The van der Waals surface area contributed by atoms with Crippen LogP contribution in [0.25, 0.3) is 0 Å². The van der Waals surface area contributed by atoms with Crippen LogP contribution in [0.15, 0.2) is 18.2 Å². The summed E-state index contributed by atoms with van der Waals surface area (Å²) >= 11 is 0. The van der Waals surface area contributed by atoms with Crippen molar-refractivity contribution in [2.45, 2.75) is 26.7 Å². The van der Waals surface area contributed by atoms with Crippen molar-refractivity contribution in [2.24, 2.45) is 0 Å². The van der Waals surface area contributed by atoms with Crippen LogP contribution in [0, 0.1) is 6.92 Å². The van der Waals surface area contributed by atoms with Crippen LogP contribution in [0.4, 0.5) is 11.4 Å². The summed E-state index contributed by atoms with van der Waals surface area (Å²) in [6, 6.07) is 5.30. The van der Waals surface area contributed by atoms with E-state index in [1.807, 2.05) is 19.9 Å². The van der Waals surface area contributed by atoms with E-state index in [4.69, 9.17) is 5.73 Å². The number of carbonyl (C=O) groups is 2. The second-order valence-electron chi connectivity index (χ2n) is 4.15. The van der Waals surface area contributed by atoms with Gasteiger partial charge in [-0.25, -0.2) is 0 Å². The Kier molecular flexibility index (Phi) is 5.17. The largest absolute Gasteiger partial charge is 0.399 e. The molecule has 5 nitrogen and oxygen atoms in total.